The molecule has 0 fully saturated rings. The van der Waals surface area contributed by atoms with Gasteiger partial charge in [0.2, 0.25) is 0 Å². The van der Waals surface area contributed by atoms with Crippen LogP contribution in [0.1, 0.15) is 38.2 Å². The number of hydrogen-bond donors (Lipinski definition) is 2. The maximum absolute atomic E-state index is 12.2. The van der Waals surface area contributed by atoms with E-state index < -0.39 is 12.6 Å². The number of nitrogens with one attached hydrogen (secondary N) is 2. The van der Waals surface area contributed by atoms with E-state index in [1.807, 2.05) is 31.2 Å². The van der Waals surface area contributed by atoms with Gasteiger partial charge in [0.05, 0.1) is 13.5 Å². The molecule has 2 N–H and O–H groups in total. The average molecular weight is 345 g/mol. The number of rotatable bonds is 8. The standard InChI is InChI=1S/C17H26F3N3O/c1-4-21-16(23-12-10-17(18,19)20)22-11-9-13(2)14-5-7-15(24-3)8-6-14/h5-8,13H,4,9-12H2,1-3H3,(H2,21,22,23). The van der Waals surface area contributed by atoms with Crippen LogP contribution in [0, 0.1) is 0 Å². The topological polar surface area (TPSA) is 45.7 Å². The minimum absolute atomic E-state index is 0.177. The fraction of sp³-hybridized carbons (Fsp3) is 0.588. The van der Waals surface area contributed by atoms with Gasteiger partial charge in [0, 0.05) is 19.6 Å². The van der Waals surface area contributed by atoms with Crippen molar-refractivity contribution in [1.82, 2.24) is 10.6 Å². The first kappa shape index (κ1) is 20.1. The molecule has 0 aliphatic rings. The van der Waals surface area contributed by atoms with Gasteiger partial charge >= 0.3 is 6.18 Å². The van der Waals surface area contributed by atoms with E-state index in [9.17, 15) is 13.2 Å². The van der Waals surface area contributed by atoms with Gasteiger partial charge in [-0.1, -0.05) is 19.1 Å². The van der Waals surface area contributed by atoms with Gasteiger partial charge in [-0.3, -0.25) is 4.99 Å². The molecule has 0 amide bonds. The molecular weight excluding hydrogens is 319 g/mol. The quantitative estimate of drug-likeness (QED) is 0.558. The predicted molar refractivity (Wildman–Crippen MR) is 90.7 cm³/mol. The Bertz CT molecular complexity index is 501. The van der Waals surface area contributed by atoms with Crippen LogP contribution in [0.15, 0.2) is 29.3 Å². The molecule has 0 aliphatic heterocycles. The van der Waals surface area contributed by atoms with Crippen molar-refractivity contribution in [3.63, 3.8) is 0 Å². The summed E-state index contributed by atoms with van der Waals surface area (Å²) in [4.78, 5) is 4.33. The highest BCUT2D eigenvalue weighted by Crippen LogP contribution is 2.21. The lowest BCUT2D eigenvalue weighted by Crippen LogP contribution is -2.39. The van der Waals surface area contributed by atoms with Crippen molar-refractivity contribution in [2.45, 2.75) is 38.8 Å². The third-order valence-electron chi connectivity index (χ3n) is 3.56. The second-order valence-electron chi connectivity index (χ2n) is 5.52. The highest BCUT2D eigenvalue weighted by atomic mass is 19.4. The number of nitrogens with zero attached hydrogens (tertiary/aromatic N) is 1. The highest BCUT2D eigenvalue weighted by Gasteiger charge is 2.26. The Hall–Kier alpha value is -1.92. The van der Waals surface area contributed by atoms with E-state index in [1.165, 1.54) is 5.56 Å². The molecule has 0 bridgehead atoms. The van der Waals surface area contributed by atoms with Crippen LogP contribution >= 0.6 is 0 Å². The van der Waals surface area contributed by atoms with Gasteiger partial charge in [0.25, 0.3) is 0 Å². The second-order valence-corrected chi connectivity index (χ2v) is 5.52. The van der Waals surface area contributed by atoms with Crippen LogP contribution < -0.4 is 15.4 Å². The van der Waals surface area contributed by atoms with E-state index >= 15 is 0 Å². The minimum atomic E-state index is -4.16. The monoisotopic (exact) mass is 345 g/mol. The molecule has 0 heterocycles. The van der Waals surface area contributed by atoms with Crippen molar-refractivity contribution in [2.24, 2.45) is 4.99 Å². The van der Waals surface area contributed by atoms with Crippen molar-refractivity contribution < 1.29 is 17.9 Å². The number of benzene rings is 1. The summed E-state index contributed by atoms with van der Waals surface area (Å²) in [6.45, 7) is 4.94. The third-order valence-corrected chi connectivity index (χ3v) is 3.56. The summed E-state index contributed by atoms with van der Waals surface area (Å²) in [7, 11) is 1.63. The summed E-state index contributed by atoms with van der Waals surface area (Å²) in [6.07, 6.45) is -4.23. The smallest absolute Gasteiger partial charge is 0.390 e. The number of halogens is 3. The Balaban J connectivity index is 2.47. The lowest BCUT2D eigenvalue weighted by atomic mass is 9.98. The van der Waals surface area contributed by atoms with E-state index in [4.69, 9.17) is 4.74 Å². The summed E-state index contributed by atoms with van der Waals surface area (Å²) in [5.41, 5.74) is 1.18. The molecule has 0 saturated carbocycles. The van der Waals surface area contributed by atoms with Crippen molar-refractivity contribution >= 4 is 5.96 Å². The Morgan fingerprint density at radius 2 is 1.88 bits per heavy atom. The fourth-order valence-corrected chi connectivity index (χ4v) is 2.13. The number of methoxy groups -OCH3 is 1. The average Bonchev–Trinajstić information content (AvgIpc) is 2.53. The molecule has 24 heavy (non-hydrogen) atoms. The van der Waals surface area contributed by atoms with Gasteiger partial charge in [-0.2, -0.15) is 13.2 Å². The van der Waals surface area contributed by atoms with Gasteiger partial charge < -0.3 is 15.4 Å². The Morgan fingerprint density at radius 3 is 2.42 bits per heavy atom. The molecule has 1 atom stereocenters. The molecule has 1 unspecified atom stereocenters. The van der Waals surface area contributed by atoms with E-state index in [0.717, 1.165) is 12.2 Å². The number of aliphatic imine (C=N–C) groups is 1. The van der Waals surface area contributed by atoms with Crippen molar-refractivity contribution in [3.05, 3.63) is 29.8 Å². The van der Waals surface area contributed by atoms with Gasteiger partial charge in [0.1, 0.15) is 5.75 Å². The lowest BCUT2D eigenvalue weighted by molar-refractivity contribution is -0.132. The summed E-state index contributed by atoms with van der Waals surface area (Å²) >= 11 is 0. The molecule has 0 radical (unpaired) electrons. The van der Waals surface area contributed by atoms with E-state index in [1.54, 1.807) is 7.11 Å². The number of hydrogen-bond acceptors (Lipinski definition) is 2. The van der Waals surface area contributed by atoms with Crippen molar-refractivity contribution in [3.8, 4) is 5.75 Å². The lowest BCUT2D eigenvalue weighted by Gasteiger charge is -2.14. The molecule has 0 saturated heterocycles. The zero-order valence-electron chi connectivity index (χ0n) is 14.4. The molecule has 7 heteroatoms. The zero-order chi connectivity index (χ0) is 18.0. The van der Waals surface area contributed by atoms with E-state index in [0.29, 0.717) is 25.0 Å². The van der Waals surface area contributed by atoms with Crippen LogP contribution in [0.25, 0.3) is 0 Å². The van der Waals surface area contributed by atoms with Crippen LogP contribution in [0.3, 0.4) is 0 Å². The first-order valence-corrected chi connectivity index (χ1v) is 8.08. The Labute approximate surface area is 141 Å². The summed E-state index contributed by atoms with van der Waals surface area (Å²) in [5.74, 6) is 1.54. The predicted octanol–water partition coefficient (Wildman–Crippen LogP) is 3.70. The Morgan fingerprint density at radius 1 is 1.21 bits per heavy atom. The summed E-state index contributed by atoms with van der Waals surface area (Å²) in [5, 5.41) is 5.66. The largest absolute Gasteiger partial charge is 0.497 e. The van der Waals surface area contributed by atoms with Gasteiger partial charge in [-0.05, 0) is 37.0 Å². The van der Waals surface area contributed by atoms with Gasteiger partial charge in [-0.15, -0.1) is 0 Å². The van der Waals surface area contributed by atoms with Crippen molar-refractivity contribution in [1.29, 1.82) is 0 Å². The summed E-state index contributed by atoms with van der Waals surface area (Å²) < 4.78 is 41.7. The molecule has 0 aliphatic carbocycles. The molecule has 4 nitrogen and oxygen atoms in total. The Kier molecular flexibility index (Phi) is 8.43. The number of alkyl halides is 3. The van der Waals surface area contributed by atoms with Crippen LogP contribution in [-0.4, -0.2) is 38.9 Å². The van der Waals surface area contributed by atoms with E-state index in [-0.39, 0.29) is 6.54 Å². The maximum Gasteiger partial charge on any atom is 0.390 e. The molecular formula is C17H26F3N3O. The van der Waals surface area contributed by atoms with Gasteiger partial charge in [0.15, 0.2) is 5.96 Å². The van der Waals surface area contributed by atoms with Crippen LogP contribution in [0.4, 0.5) is 13.2 Å². The van der Waals surface area contributed by atoms with E-state index in [2.05, 4.69) is 22.5 Å². The van der Waals surface area contributed by atoms with Gasteiger partial charge in [-0.25, -0.2) is 0 Å². The van der Waals surface area contributed by atoms with Crippen LogP contribution in [0.5, 0.6) is 5.75 Å². The maximum atomic E-state index is 12.2. The SMILES string of the molecule is CCNC(=NCCC(C)c1ccc(OC)cc1)NCCC(F)(F)F. The fourth-order valence-electron chi connectivity index (χ4n) is 2.13. The molecule has 0 aromatic heterocycles. The minimum Gasteiger partial charge on any atom is -0.497 e. The first-order chi connectivity index (χ1) is 11.4. The molecule has 1 aromatic carbocycles. The first-order valence-electron chi connectivity index (χ1n) is 8.08. The number of ether oxygens (including phenoxy) is 1. The second kappa shape index (κ2) is 10.1. The zero-order valence-corrected chi connectivity index (χ0v) is 14.4. The molecule has 136 valence electrons. The molecule has 1 aromatic rings. The van der Waals surface area contributed by atoms with Crippen molar-refractivity contribution in [2.75, 3.05) is 26.7 Å². The van der Waals surface area contributed by atoms with Crippen LogP contribution in [0.2, 0.25) is 0 Å². The number of guanidine groups is 1. The third kappa shape index (κ3) is 8.08. The highest BCUT2D eigenvalue weighted by molar-refractivity contribution is 5.79. The molecule has 0 spiro atoms. The molecule has 1 rings (SSSR count). The summed E-state index contributed by atoms with van der Waals surface area (Å²) in [6, 6.07) is 7.86. The normalized spacial score (nSPS) is 13.5. The van der Waals surface area contributed by atoms with Crippen LogP contribution in [-0.2, 0) is 0 Å².